The van der Waals surface area contributed by atoms with E-state index in [2.05, 4.69) is 12.2 Å². The number of amides is 1. The average Bonchev–Trinajstić information content (AvgIpc) is 3.10. The lowest BCUT2D eigenvalue weighted by molar-refractivity contribution is 0.159. The van der Waals surface area contributed by atoms with E-state index in [-0.39, 0.29) is 23.5 Å². The van der Waals surface area contributed by atoms with Gasteiger partial charge in [0.2, 0.25) is 0 Å². The van der Waals surface area contributed by atoms with Crippen LogP contribution in [0.3, 0.4) is 0 Å². The lowest BCUT2D eigenvalue weighted by Gasteiger charge is -2.40. The van der Waals surface area contributed by atoms with E-state index in [1.54, 1.807) is 24.3 Å². The topological polar surface area (TPSA) is 58.6 Å². The van der Waals surface area contributed by atoms with Crippen LogP contribution in [0.4, 0.5) is 9.18 Å². The Bertz CT molecular complexity index is 777. The molecule has 5 heteroatoms. The van der Waals surface area contributed by atoms with Crippen LogP contribution in [0.15, 0.2) is 48.5 Å². The SMILES string of the molecule is COC(=O)N[C@H]1CCC[C@@H]1C(C)(c1ccc(O)cc1)c1cccc(F)c1. The van der Waals surface area contributed by atoms with Gasteiger partial charge in [-0.05, 0) is 54.2 Å². The van der Waals surface area contributed by atoms with Crippen molar-refractivity contribution in [2.75, 3.05) is 7.11 Å². The molecule has 1 aliphatic carbocycles. The molecule has 2 aromatic rings. The molecular formula is C21H24FNO3. The van der Waals surface area contributed by atoms with Crippen molar-refractivity contribution in [1.82, 2.24) is 5.32 Å². The molecule has 138 valence electrons. The molecular weight excluding hydrogens is 333 g/mol. The van der Waals surface area contributed by atoms with Crippen molar-refractivity contribution in [3.8, 4) is 5.75 Å². The van der Waals surface area contributed by atoms with Crippen LogP contribution < -0.4 is 5.32 Å². The summed E-state index contributed by atoms with van der Waals surface area (Å²) < 4.78 is 18.8. The minimum absolute atomic E-state index is 0.0653. The fourth-order valence-electron chi connectivity index (χ4n) is 4.25. The molecule has 2 aromatic carbocycles. The molecule has 26 heavy (non-hydrogen) atoms. The summed E-state index contributed by atoms with van der Waals surface area (Å²) in [5.41, 5.74) is 1.31. The second-order valence-electron chi connectivity index (χ2n) is 7.04. The fourth-order valence-corrected chi connectivity index (χ4v) is 4.25. The summed E-state index contributed by atoms with van der Waals surface area (Å²) in [6.45, 7) is 2.08. The van der Waals surface area contributed by atoms with Crippen molar-refractivity contribution in [2.24, 2.45) is 5.92 Å². The molecule has 1 saturated carbocycles. The van der Waals surface area contributed by atoms with Gasteiger partial charge in [-0.25, -0.2) is 9.18 Å². The van der Waals surface area contributed by atoms with Gasteiger partial charge in [0.1, 0.15) is 11.6 Å². The summed E-state index contributed by atoms with van der Waals surface area (Å²) in [7, 11) is 1.35. The molecule has 1 aliphatic rings. The number of carbonyl (C=O) groups excluding carboxylic acids is 1. The Balaban J connectivity index is 2.08. The largest absolute Gasteiger partial charge is 0.508 e. The van der Waals surface area contributed by atoms with Gasteiger partial charge in [0, 0.05) is 11.5 Å². The molecule has 1 amide bonds. The number of rotatable bonds is 4. The first-order chi connectivity index (χ1) is 12.4. The third-order valence-electron chi connectivity index (χ3n) is 5.64. The maximum absolute atomic E-state index is 14.0. The van der Waals surface area contributed by atoms with Gasteiger partial charge >= 0.3 is 6.09 Å². The van der Waals surface area contributed by atoms with E-state index >= 15 is 0 Å². The highest BCUT2D eigenvalue weighted by Gasteiger charge is 2.45. The van der Waals surface area contributed by atoms with Crippen LogP contribution >= 0.6 is 0 Å². The quantitative estimate of drug-likeness (QED) is 0.855. The summed E-state index contributed by atoms with van der Waals surface area (Å²) in [6, 6.07) is 13.6. The lowest BCUT2D eigenvalue weighted by atomic mass is 9.65. The highest BCUT2D eigenvalue weighted by atomic mass is 19.1. The molecule has 0 radical (unpaired) electrons. The minimum Gasteiger partial charge on any atom is -0.508 e. The fraction of sp³-hybridized carbons (Fsp3) is 0.381. The van der Waals surface area contributed by atoms with Crippen LogP contribution in [0.25, 0.3) is 0 Å². The number of phenolic OH excluding ortho intramolecular Hbond substituents is 1. The number of methoxy groups -OCH3 is 1. The standard InChI is InChI=1S/C21H24FNO3/c1-21(14-9-11-17(24)12-10-14,15-5-3-6-16(22)13-15)18-7-4-8-19(18)23-20(25)26-2/h3,5-6,9-13,18-19,24H,4,7-8H2,1-2H3,(H,23,25)/t18-,19-,21?/m0/s1. The summed E-state index contributed by atoms with van der Waals surface area (Å²) in [5.74, 6) is -0.0260. The van der Waals surface area contributed by atoms with Gasteiger partial charge in [-0.3, -0.25) is 0 Å². The lowest BCUT2D eigenvalue weighted by Crippen LogP contribution is -2.46. The normalized spacial score (nSPS) is 21.8. The van der Waals surface area contributed by atoms with Gasteiger partial charge in [-0.2, -0.15) is 0 Å². The number of hydrogen-bond donors (Lipinski definition) is 2. The van der Waals surface area contributed by atoms with Crippen LogP contribution in [0.5, 0.6) is 5.75 Å². The molecule has 1 unspecified atom stereocenters. The molecule has 1 fully saturated rings. The summed E-state index contributed by atoms with van der Waals surface area (Å²) in [6.07, 6.45) is 2.28. The molecule has 0 saturated heterocycles. The zero-order valence-electron chi connectivity index (χ0n) is 15.0. The molecule has 2 N–H and O–H groups in total. The van der Waals surface area contributed by atoms with Crippen molar-refractivity contribution in [1.29, 1.82) is 0 Å². The Labute approximate surface area is 153 Å². The molecule has 0 heterocycles. The molecule has 0 aromatic heterocycles. The average molecular weight is 357 g/mol. The third-order valence-corrected chi connectivity index (χ3v) is 5.64. The maximum Gasteiger partial charge on any atom is 0.407 e. The van der Waals surface area contributed by atoms with Gasteiger partial charge < -0.3 is 15.2 Å². The van der Waals surface area contributed by atoms with Crippen molar-refractivity contribution in [3.05, 3.63) is 65.5 Å². The minimum atomic E-state index is -0.516. The monoisotopic (exact) mass is 357 g/mol. The Hall–Kier alpha value is -2.56. The molecule has 0 aliphatic heterocycles. The Morgan fingerprint density at radius 1 is 1.19 bits per heavy atom. The molecule has 3 atom stereocenters. The van der Waals surface area contributed by atoms with Crippen LogP contribution in [0.2, 0.25) is 0 Å². The smallest absolute Gasteiger partial charge is 0.407 e. The Morgan fingerprint density at radius 3 is 2.58 bits per heavy atom. The highest BCUT2D eigenvalue weighted by Crippen LogP contribution is 2.47. The number of halogens is 1. The number of aromatic hydroxyl groups is 1. The van der Waals surface area contributed by atoms with Gasteiger partial charge in [0.15, 0.2) is 0 Å². The van der Waals surface area contributed by atoms with E-state index in [9.17, 15) is 14.3 Å². The molecule has 4 nitrogen and oxygen atoms in total. The summed E-state index contributed by atoms with van der Waals surface area (Å²) in [5, 5.41) is 12.6. The number of alkyl carbamates (subject to hydrolysis) is 1. The second-order valence-corrected chi connectivity index (χ2v) is 7.04. The van der Waals surface area contributed by atoms with Gasteiger partial charge in [-0.15, -0.1) is 0 Å². The van der Waals surface area contributed by atoms with E-state index < -0.39 is 11.5 Å². The first kappa shape index (κ1) is 18.2. The number of ether oxygens (including phenoxy) is 1. The van der Waals surface area contributed by atoms with E-state index in [4.69, 9.17) is 4.74 Å². The predicted octanol–water partition coefficient (Wildman–Crippen LogP) is 4.36. The Kier molecular flexibility index (Phi) is 5.16. The maximum atomic E-state index is 14.0. The van der Waals surface area contributed by atoms with Crippen LogP contribution in [-0.4, -0.2) is 24.4 Å². The van der Waals surface area contributed by atoms with E-state index in [1.165, 1.54) is 13.2 Å². The van der Waals surface area contributed by atoms with Crippen molar-refractivity contribution in [3.63, 3.8) is 0 Å². The van der Waals surface area contributed by atoms with E-state index in [0.717, 1.165) is 30.4 Å². The first-order valence-electron chi connectivity index (χ1n) is 8.85. The van der Waals surface area contributed by atoms with Gasteiger partial charge in [-0.1, -0.05) is 37.6 Å². The third kappa shape index (κ3) is 3.39. The van der Waals surface area contributed by atoms with Crippen LogP contribution in [0.1, 0.15) is 37.3 Å². The van der Waals surface area contributed by atoms with E-state index in [1.807, 2.05) is 18.2 Å². The van der Waals surface area contributed by atoms with Crippen molar-refractivity contribution in [2.45, 2.75) is 37.6 Å². The van der Waals surface area contributed by atoms with Crippen LogP contribution in [0, 0.1) is 11.7 Å². The summed E-state index contributed by atoms with van der Waals surface area (Å²) >= 11 is 0. The predicted molar refractivity (Wildman–Crippen MR) is 97.6 cm³/mol. The number of hydrogen-bond acceptors (Lipinski definition) is 3. The zero-order chi connectivity index (χ0) is 18.7. The number of nitrogens with one attached hydrogen (secondary N) is 1. The molecule has 0 spiro atoms. The van der Waals surface area contributed by atoms with Crippen LogP contribution in [-0.2, 0) is 10.2 Å². The molecule has 0 bridgehead atoms. The number of benzene rings is 2. The zero-order valence-corrected chi connectivity index (χ0v) is 15.0. The van der Waals surface area contributed by atoms with Gasteiger partial charge in [0.05, 0.1) is 7.11 Å². The summed E-state index contributed by atoms with van der Waals surface area (Å²) in [4.78, 5) is 11.8. The van der Waals surface area contributed by atoms with Gasteiger partial charge in [0.25, 0.3) is 0 Å². The highest BCUT2D eigenvalue weighted by molar-refractivity contribution is 5.67. The van der Waals surface area contributed by atoms with Crippen molar-refractivity contribution >= 4 is 6.09 Å². The second kappa shape index (κ2) is 7.36. The molecule has 3 rings (SSSR count). The Morgan fingerprint density at radius 2 is 1.92 bits per heavy atom. The van der Waals surface area contributed by atoms with E-state index in [0.29, 0.717) is 0 Å². The van der Waals surface area contributed by atoms with Crippen molar-refractivity contribution < 1.29 is 19.0 Å². The number of phenols is 1. The first-order valence-corrected chi connectivity index (χ1v) is 8.85. The number of carbonyl (C=O) groups is 1.